The molecule has 0 aromatic heterocycles. The van der Waals surface area contributed by atoms with Gasteiger partial charge in [0.1, 0.15) is 13.2 Å². The number of fused-ring (bicyclic) bond motifs is 1. The van der Waals surface area contributed by atoms with Gasteiger partial charge < -0.3 is 20.1 Å². The molecule has 0 bridgehead atoms. The SMILES string of the molecule is CC(C)C(=O)NCCNC(=O)c1cc(Cl)c2c(c1)OCCO2. The van der Waals surface area contributed by atoms with Gasteiger partial charge in [-0.15, -0.1) is 0 Å². The van der Waals surface area contributed by atoms with E-state index in [0.717, 1.165) is 0 Å². The fraction of sp³-hybridized carbons (Fsp3) is 0.467. The maximum absolute atomic E-state index is 12.1. The Morgan fingerprint density at radius 1 is 1.18 bits per heavy atom. The second-order valence-electron chi connectivity index (χ2n) is 5.18. The largest absolute Gasteiger partial charge is 0.486 e. The van der Waals surface area contributed by atoms with Crippen molar-refractivity contribution in [2.75, 3.05) is 26.3 Å². The normalized spacial score (nSPS) is 12.9. The molecular formula is C15H19ClN2O4. The molecule has 1 aromatic carbocycles. The predicted octanol–water partition coefficient (Wildman–Crippen LogP) is 1.61. The predicted molar refractivity (Wildman–Crippen MR) is 82.6 cm³/mol. The number of halogens is 1. The number of hydrogen-bond acceptors (Lipinski definition) is 4. The van der Waals surface area contributed by atoms with Crippen LogP contribution in [-0.4, -0.2) is 38.1 Å². The molecule has 120 valence electrons. The number of carbonyl (C=O) groups excluding carboxylic acids is 2. The molecule has 0 radical (unpaired) electrons. The van der Waals surface area contributed by atoms with Crippen LogP contribution in [0.4, 0.5) is 0 Å². The van der Waals surface area contributed by atoms with Gasteiger partial charge in [-0.3, -0.25) is 9.59 Å². The van der Waals surface area contributed by atoms with Crippen molar-refractivity contribution in [2.24, 2.45) is 5.92 Å². The van der Waals surface area contributed by atoms with Crippen LogP contribution in [0.25, 0.3) is 0 Å². The van der Waals surface area contributed by atoms with Gasteiger partial charge in [0.05, 0.1) is 5.02 Å². The zero-order valence-corrected chi connectivity index (χ0v) is 13.3. The molecule has 2 N–H and O–H groups in total. The Morgan fingerprint density at radius 2 is 1.86 bits per heavy atom. The van der Waals surface area contributed by atoms with Gasteiger partial charge in [-0.1, -0.05) is 25.4 Å². The summed E-state index contributed by atoms with van der Waals surface area (Å²) in [5.41, 5.74) is 0.393. The highest BCUT2D eigenvalue weighted by Crippen LogP contribution is 2.38. The van der Waals surface area contributed by atoms with E-state index < -0.39 is 0 Å². The molecule has 0 atom stereocenters. The van der Waals surface area contributed by atoms with Crippen molar-refractivity contribution < 1.29 is 19.1 Å². The molecule has 0 unspecified atom stereocenters. The molecule has 1 aliphatic heterocycles. The lowest BCUT2D eigenvalue weighted by Gasteiger charge is -2.20. The summed E-state index contributed by atoms with van der Waals surface area (Å²) in [6.07, 6.45) is 0. The summed E-state index contributed by atoms with van der Waals surface area (Å²) in [5, 5.41) is 5.79. The Balaban J connectivity index is 1.90. The first-order valence-corrected chi connectivity index (χ1v) is 7.52. The molecular weight excluding hydrogens is 308 g/mol. The minimum atomic E-state index is -0.280. The number of nitrogens with one attached hydrogen (secondary N) is 2. The molecule has 22 heavy (non-hydrogen) atoms. The van der Waals surface area contributed by atoms with Crippen LogP contribution in [0.3, 0.4) is 0 Å². The van der Waals surface area contributed by atoms with Crippen LogP contribution in [0.1, 0.15) is 24.2 Å². The summed E-state index contributed by atoms with van der Waals surface area (Å²) in [6, 6.07) is 3.14. The van der Waals surface area contributed by atoms with Crippen LogP contribution < -0.4 is 20.1 Å². The molecule has 0 aliphatic carbocycles. The van der Waals surface area contributed by atoms with E-state index in [1.807, 2.05) is 13.8 Å². The average molecular weight is 327 g/mol. The van der Waals surface area contributed by atoms with Crippen LogP contribution in [0.2, 0.25) is 5.02 Å². The third kappa shape index (κ3) is 4.04. The standard InChI is InChI=1S/C15H19ClN2O4/c1-9(2)14(19)17-3-4-18-15(20)10-7-11(16)13-12(8-10)21-5-6-22-13/h7-9H,3-6H2,1-2H3,(H,17,19)(H,18,20). The fourth-order valence-corrected chi connectivity index (χ4v) is 2.18. The highest BCUT2D eigenvalue weighted by Gasteiger charge is 2.19. The average Bonchev–Trinajstić information content (AvgIpc) is 2.50. The van der Waals surface area contributed by atoms with Gasteiger partial charge in [0.15, 0.2) is 11.5 Å². The maximum atomic E-state index is 12.1. The lowest BCUT2D eigenvalue weighted by molar-refractivity contribution is -0.123. The monoisotopic (exact) mass is 326 g/mol. The lowest BCUT2D eigenvalue weighted by Crippen LogP contribution is -2.36. The van der Waals surface area contributed by atoms with Gasteiger partial charge in [-0.05, 0) is 12.1 Å². The minimum absolute atomic E-state index is 0.0448. The number of amides is 2. The van der Waals surface area contributed by atoms with Crippen molar-refractivity contribution in [1.29, 1.82) is 0 Å². The molecule has 0 fully saturated rings. The molecule has 2 amide bonds. The van der Waals surface area contributed by atoms with Crippen LogP contribution in [0.15, 0.2) is 12.1 Å². The van der Waals surface area contributed by atoms with E-state index in [9.17, 15) is 9.59 Å². The van der Waals surface area contributed by atoms with Crippen LogP contribution in [-0.2, 0) is 4.79 Å². The summed E-state index contributed by atoms with van der Waals surface area (Å²) in [7, 11) is 0. The second-order valence-corrected chi connectivity index (χ2v) is 5.59. The van der Waals surface area contributed by atoms with E-state index in [1.54, 1.807) is 6.07 Å². The minimum Gasteiger partial charge on any atom is -0.486 e. The summed E-state index contributed by atoms with van der Waals surface area (Å²) >= 11 is 6.09. The Hall–Kier alpha value is -1.95. The first-order chi connectivity index (χ1) is 10.5. The molecule has 0 saturated heterocycles. The zero-order chi connectivity index (χ0) is 16.1. The molecule has 2 rings (SSSR count). The Kier molecular flexibility index (Phi) is 5.49. The van der Waals surface area contributed by atoms with E-state index in [4.69, 9.17) is 21.1 Å². The maximum Gasteiger partial charge on any atom is 0.251 e. The first kappa shape index (κ1) is 16.4. The van der Waals surface area contributed by atoms with Gasteiger partial charge in [-0.2, -0.15) is 0 Å². The molecule has 1 aromatic rings. The molecule has 6 nitrogen and oxygen atoms in total. The lowest BCUT2D eigenvalue weighted by atomic mass is 10.1. The number of rotatable bonds is 5. The molecule has 1 heterocycles. The van der Waals surface area contributed by atoms with E-state index in [2.05, 4.69) is 10.6 Å². The summed E-state index contributed by atoms with van der Waals surface area (Å²) < 4.78 is 10.8. The van der Waals surface area contributed by atoms with Crippen LogP contribution >= 0.6 is 11.6 Å². The summed E-state index contributed by atoms with van der Waals surface area (Å²) in [5.74, 6) is 0.535. The third-order valence-electron chi connectivity index (χ3n) is 3.09. The zero-order valence-electron chi connectivity index (χ0n) is 12.6. The van der Waals surface area contributed by atoms with Crippen molar-refractivity contribution >= 4 is 23.4 Å². The number of benzene rings is 1. The Labute approximate surface area is 134 Å². The topological polar surface area (TPSA) is 76.7 Å². The number of hydrogen-bond donors (Lipinski definition) is 2. The highest BCUT2D eigenvalue weighted by atomic mass is 35.5. The number of carbonyl (C=O) groups is 2. The summed E-state index contributed by atoms with van der Waals surface area (Å²) in [6.45, 7) is 5.20. The van der Waals surface area contributed by atoms with Crippen molar-refractivity contribution in [1.82, 2.24) is 10.6 Å². The smallest absolute Gasteiger partial charge is 0.251 e. The van der Waals surface area contributed by atoms with Crippen LogP contribution in [0, 0.1) is 5.92 Å². The first-order valence-electron chi connectivity index (χ1n) is 7.14. The Bertz CT molecular complexity index is 575. The molecule has 1 aliphatic rings. The Morgan fingerprint density at radius 3 is 2.59 bits per heavy atom. The van der Waals surface area contributed by atoms with Gasteiger partial charge in [0, 0.05) is 24.6 Å². The van der Waals surface area contributed by atoms with E-state index in [0.29, 0.717) is 48.4 Å². The fourth-order valence-electron chi connectivity index (χ4n) is 1.91. The highest BCUT2D eigenvalue weighted by molar-refractivity contribution is 6.32. The van der Waals surface area contributed by atoms with Gasteiger partial charge in [0.25, 0.3) is 5.91 Å². The van der Waals surface area contributed by atoms with E-state index >= 15 is 0 Å². The quantitative estimate of drug-likeness (QED) is 0.806. The second kappa shape index (κ2) is 7.35. The third-order valence-corrected chi connectivity index (χ3v) is 3.37. The van der Waals surface area contributed by atoms with Crippen LogP contribution in [0.5, 0.6) is 11.5 Å². The van der Waals surface area contributed by atoms with Gasteiger partial charge in [-0.25, -0.2) is 0 Å². The van der Waals surface area contributed by atoms with Crippen molar-refractivity contribution in [3.63, 3.8) is 0 Å². The van der Waals surface area contributed by atoms with Crippen molar-refractivity contribution in [2.45, 2.75) is 13.8 Å². The molecule has 7 heteroatoms. The number of ether oxygens (including phenoxy) is 2. The van der Waals surface area contributed by atoms with E-state index in [1.165, 1.54) is 6.07 Å². The molecule has 0 spiro atoms. The van der Waals surface area contributed by atoms with Gasteiger partial charge >= 0.3 is 0 Å². The van der Waals surface area contributed by atoms with E-state index in [-0.39, 0.29) is 17.7 Å². The van der Waals surface area contributed by atoms with Gasteiger partial charge in [0.2, 0.25) is 5.91 Å². The summed E-state index contributed by atoms with van der Waals surface area (Å²) in [4.78, 5) is 23.5. The van der Waals surface area contributed by atoms with Crippen molar-refractivity contribution in [3.05, 3.63) is 22.7 Å². The molecule has 0 saturated carbocycles. The van der Waals surface area contributed by atoms with Crippen molar-refractivity contribution in [3.8, 4) is 11.5 Å².